The fraction of sp³-hybridized carbons (Fsp3) is 0.429. The van der Waals surface area contributed by atoms with E-state index < -0.39 is 0 Å². The van der Waals surface area contributed by atoms with E-state index in [-0.39, 0.29) is 24.0 Å². The van der Waals surface area contributed by atoms with Gasteiger partial charge in [-0.05, 0) is 73.1 Å². The number of carbonyl (C=O) groups excluding carboxylic acids is 2. The van der Waals surface area contributed by atoms with Gasteiger partial charge in [-0.15, -0.1) is 0 Å². The van der Waals surface area contributed by atoms with Crippen molar-refractivity contribution in [1.82, 2.24) is 10.2 Å². The van der Waals surface area contributed by atoms with Crippen molar-refractivity contribution in [3.8, 4) is 0 Å². The Balaban J connectivity index is 1.50. The molecule has 1 aliphatic heterocycles. The highest BCUT2D eigenvalue weighted by molar-refractivity contribution is 6.30. The van der Waals surface area contributed by atoms with Crippen LogP contribution in [0.3, 0.4) is 0 Å². The minimum absolute atomic E-state index is 0.0102. The first-order chi connectivity index (χ1) is 16.4. The Morgan fingerprint density at radius 3 is 2.53 bits per heavy atom. The minimum atomic E-state index is -0.0893. The third kappa shape index (κ3) is 6.01. The van der Waals surface area contributed by atoms with Gasteiger partial charge in [0.05, 0.1) is 6.04 Å². The Morgan fingerprint density at radius 2 is 1.82 bits per heavy atom. The molecule has 1 aliphatic carbocycles. The number of hydrogen-bond donors (Lipinski definition) is 1. The molecule has 2 fully saturated rings. The van der Waals surface area contributed by atoms with E-state index in [9.17, 15) is 9.59 Å². The molecule has 4 rings (SSSR count). The number of halogens is 1. The third-order valence-electron chi connectivity index (χ3n) is 6.56. The molecule has 1 saturated heterocycles. The smallest absolute Gasteiger partial charge is 0.289 e. The molecule has 2 atom stereocenters. The molecule has 1 N–H and O–H groups in total. The van der Waals surface area contributed by atoms with E-state index in [4.69, 9.17) is 16.3 Å². The van der Waals surface area contributed by atoms with E-state index in [2.05, 4.69) is 19.2 Å². The molecule has 2 aromatic rings. The first-order valence-electron chi connectivity index (χ1n) is 12.2. The van der Waals surface area contributed by atoms with Gasteiger partial charge in [0.1, 0.15) is 6.10 Å². The molecule has 1 saturated carbocycles. The monoisotopic (exact) mass is 480 g/mol. The van der Waals surface area contributed by atoms with Crippen molar-refractivity contribution in [3.63, 3.8) is 0 Å². The summed E-state index contributed by atoms with van der Waals surface area (Å²) in [6, 6.07) is 15.0. The van der Waals surface area contributed by atoms with Crippen molar-refractivity contribution in [3.05, 3.63) is 76.0 Å². The summed E-state index contributed by atoms with van der Waals surface area (Å²) in [5, 5.41) is 3.64. The van der Waals surface area contributed by atoms with E-state index >= 15 is 0 Å². The average Bonchev–Trinajstić information content (AvgIpc) is 2.83. The lowest BCUT2D eigenvalue weighted by Gasteiger charge is -2.44. The van der Waals surface area contributed by atoms with Crippen molar-refractivity contribution in [2.45, 2.75) is 64.6 Å². The first-order valence-corrected chi connectivity index (χ1v) is 12.6. The van der Waals surface area contributed by atoms with E-state index in [1.165, 1.54) is 0 Å². The van der Waals surface area contributed by atoms with Gasteiger partial charge in [0, 0.05) is 23.7 Å². The van der Waals surface area contributed by atoms with Crippen LogP contribution in [-0.2, 0) is 16.1 Å². The van der Waals surface area contributed by atoms with Gasteiger partial charge >= 0.3 is 0 Å². The molecule has 0 radical (unpaired) electrons. The fourth-order valence-corrected chi connectivity index (χ4v) is 4.73. The molecule has 0 aromatic heterocycles. The number of nitrogens with one attached hydrogen (secondary N) is 1. The molecule has 0 spiro atoms. The Morgan fingerprint density at radius 1 is 1.12 bits per heavy atom. The van der Waals surface area contributed by atoms with E-state index in [1.807, 2.05) is 41.3 Å². The topological polar surface area (TPSA) is 58.6 Å². The molecule has 6 heteroatoms. The van der Waals surface area contributed by atoms with Crippen LogP contribution in [0.4, 0.5) is 0 Å². The van der Waals surface area contributed by atoms with Crippen molar-refractivity contribution in [1.29, 1.82) is 0 Å². The van der Waals surface area contributed by atoms with Crippen molar-refractivity contribution >= 4 is 29.5 Å². The number of rotatable bonds is 7. The maximum absolute atomic E-state index is 13.4. The molecule has 180 valence electrons. The zero-order valence-corrected chi connectivity index (χ0v) is 20.7. The van der Waals surface area contributed by atoms with Crippen molar-refractivity contribution in [2.24, 2.45) is 5.92 Å². The van der Waals surface area contributed by atoms with Crippen LogP contribution in [0.5, 0.6) is 0 Å². The summed E-state index contributed by atoms with van der Waals surface area (Å²) in [6.07, 6.45) is 6.87. The Labute approximate surface area is 207 Å². The Kier molecular flexibility index (Phi) is 7.94. The predicted molar refractivity (Wildman–Crippen MR) is 135 cm³/mol. The fourth-order valence-electron chi connectivity index (χ4n) is 4.61. The summed E-state index contributed by atoms with van der Waals surface area (Å²) < 4.78 is 6.22. The highest BCUT2D eigenvalue weighted by Crippen LogP contribution is 2.34. The van der Waals surface area contributed by atoms with Gasteiger partial charge in [0.25, 0.3) is 11.8 Å². The summed E-state index contributed by atoms with van der Waals surface area (Å²) in [7, 11) is 0. The van der Waals surface area contributed by atoms with Crippen molar-refractivity contribution < 1.29 is 14.3 Å². The number of benzene rings is 2. The average molecular weight is 481 g/mol. The van der Waals surface area contributed by atoms with Gasteiger partial charge in [-0.3, -0.25) is 9.59 Å². The highest BCUT2D eigenvalue weighted by atomic mass is 35.5. The van der Waals surface area contributed by atoms with Crippen LogP contribution in [0.15, 0.2) is 54.3 Å². The lowest BCUT2D eigenvalue weighted by molar-refractivity contribution is -0.149. The summed E-state index contributed by atoms with van der Waals surface area (Å²) in [5.41, 5.74) is 2.50. The first kappa shape index (κ1) is 24.3. The zero-order chi connectivity index (χ0) is 24.1. The van der Waals surface area contributed by atoms with E-state index in [1.54, 1.807) is 18.2 Å². The standard InChI is InChI=1S/C28H33ClN2O3/c1-19(2)15-16-30-27(32)22-11-7-20(8-12-22)17-26-28(33)31(18-21-9-13-23(29)14-10-21)24-5-3-4-6-25(24)34-26/h7-14,17,19,24-25H,3-6,15-16,18H2,1-2H3,(H,30,32)/b26-17-. The summed E-state index contributed by atoms with van der Waals surface area (Å²) >= 11 is 6.04. The largest absolute Gasteiger partial charge is 0.482 e. The Bertz CT molecular complexity index is 1030. The zero-order valence-electron chi connectivity index (χ0n) is 19.9. The number of fused-ring (bicyclic) bond motifs is 1. The lowest BCUT2D eigenvalue weighted by atomic mass is 9.89. The van der Waals surface area contributed by atoms with Gasteiger partial charge in [0.15, 0.2) is 5.76 Å². The Hall–Kier alpha value is -2.79. The number of ether oxygens (including phenoxy) is 1. The lowest BCUT2D eigenvalue weighted by Crippen LogP contribution is -2.54. The molecule has 2 aromatic carbocycles. The SMILES string of the molecule is CC(C)CCNC(=O)c1ccc(/C=C2\OC3CCCCC3N(Cc3ccc(Cl)cc3)C2=O)cc1. The van der Waals surface area contributed by atoms with Gasteiger partial charge in [0.2, 0.25) is 0 Å². The second kappa shape index (κ2) is 11.1. The van der Waals surface area contributed by atoms with Crippen LogP contribution in [-0.4, -0.2) is 35.4 Å². The van der Waals surface area contributed by atoms with Crippen LogP contribution >= 0.6 is 11.6 Å². The minimum Gasteiger partial charge on any atom is -0.482 e. The van der Waals surface area contributed by atoms with E-state index in [0.29, 0.717) is 35.4 Å². The van der Waals surface area contributed by atoms with Crippen LogP contribution in [0, 0.1) is 5.92 Å². The molecule has 2 aliphatic rings. The third-order valence-corrected chi connectivity index (χ3v) is 6.81. The highest BCUT2D eigenvalue weighted by Gasteiger charge is 2.41. The van der Waals surface area contributed by atoms with Crippen LogP contribution < -0.4 is 5.32 Å². The van der Waals surface area contributed by atoms with Gasteiger partial charge in [-0.1, -0.05) is 56.1 Å². The second-order valence-corrected chi connectivity index (χ2v) is 10.1. The molecule has 0 bridgehead atoms. The molecular formula is C28H33ClN2O3. The number of nitrogens with zero attached hydrogens (tertiary/aromatic N) is 1. The molecular weight excluding hydrogens is 448 g/mol. The second-order valence-electron chi connectivity index (χ2n) is 9.64. The molecule has 2 unspecified atom stereocenters. The number of carbonyl (C=O) groups is 2. The van der Waals surface area contributed by atoms with Gasteiger partial charge in [-0.2, -0.15) is 0 Å². The summed E-state index contributed by atoms with van der Waals surface area (Å²) in [4.78, 5) is 27.8. The quantitative estimate of drug-likeness (QED) is 0.507. The number of hydrogen-bond acceptors (Lipinski definition) is 3. The van der Waals surface area contributed by atoms with Crippen molar-refractivity contribution in [2.75, 3.05) is 6.54 Å². The number of amides is 2. The predicted octanol–water partition coefficient (Wildman–Crippen LogP) is 5.83. The van der Waals surface area contributed by atoms with Crippen LogP contribution in [0.25, 0.3) is 6.08 Å². The van der Waals surface area contributed by atoms with E-state index in [0.717, 1.165) is 43.2 Å². The molecule has 34 heavy (non-hydrogen) atoms. The molecule has 5 nitrogen and oxygen atoms in total. The summed E-state index contributed by atoms with van der Waals surface area (Å²) in [6.45, 7) is 5.47. The normalized spacial score (nSPS) is 21.4. The van der Waals surface area contributed by atoms with Gasteiger partial charge < -0.3 is 15.0 Å². The van der Waals surface area contributed by atoms with Crippen LogP contribution in [0.1, 0.15) is 67.4 Å². The summed E-state index contributed by atoms with van der Waals surface area (Å²) in [5.74, 6) is 0.745. The maximum atomic E-state index is 13.4. The maximum Gasteiger partial charge on any atom is 0.289 e. The number of morpholine rings is 1. The van der Waals surface area contributed by atoms with Gasteiger partial charge in [-0.25, -0.2) is 0 Å². The molecule has 1 heterocycles. The molecule has 2 amide bonds. The van der Waals surface area contributed by atoms with Crippen LogP contribution in [0.2, 0.25) is 5.02 Å².